The zero-order valence-electron chi connectivity index (χ0n) is 9.55. The zero-order chi connectivity index (χ0) is 13.1. The Morgan fingerprint density at radius 2 is 1.83 bits per heavy atom. The highest BCUT2D eigenvalue weighted by Gasteiger charge is 2.20. The summed E-state index contributed by atoms with van der Waals surface area (Å²) in [6.07, 6.45) is -0.112. The van der Waals surface area contributed by atoms with Gasteiger partial charge in [0.1, 0.15) is 11.3 Å². The van der Waals surface area contributed by atoms with Crippen molar-refractivity contribution < 1.29 is 10.2 Å². The summed E-state index contributed by atoms with van der Waals surface area (Å²) in [6, 6.07) is 7.37. The topological polar surface area (TPSA) is 53.4 Å². The van der Waals surface area contributed by atoms with Crippen molar-refractivity contribution in [1.29, 1.82) is 0 Å². The molecule has 0 radical (unpaired) electrons. The third-order valence-electron chi connectivity index (χ3n) is 2.87. The Balaban J connectivity index is 2.48. The summed E-state index contributed by atoms with van der Waals surface area (Å²) in [6.45, 7) is 0. The smallest absolute Gasteiger partial charge is 0.136 e. The van der Waals surface area contributed by atoms with Crippen LogP contribution < -0.4 is 0 Å². The highest BCUT2D eigenvalue weighted by molar-refractivity contribution is 6.34. The number of aliphatic hydroxyl groups excluding tert-OH is 2. The van der Waals surface area contributed by atoms with Crippen molar-refractivity contribution in [3.05, 3.63) is 41.2 Å². The number of hydrogen-bond donors (Lipinski definition) is 2. The number of alkyl halides is 1. The summed E-state index contributed by atoms with van der Waals surface area (Å²) in [5.41, 5.74) is 0.563. The molecule has 96 valence electrons. The number of halogens is 2. The molecule has 2 N–H and O–H groups in total. The van der Waals surface area contributed by atoms with E-state index in [1.165, 1.54) is 6.20 Å². The summed E-state index contributed by atoms with van der Waals surface area (Å²) >= 11 is 11.6. The van der Waals surface area contributed by atoms with Gasteiger partial charge in [0, 0.05) is 23.0 Å². The van der Waals surface area contributed by atoms with E-state index in [1.807, 2.05) is 24.3 Å². The molecule has 0 amide bonds. The van der Waals surface area contributed by atoms with Crippen LogP contribution in [0.15, 0.2) is 30.5 Å². The van der Waals surface area contributed by atoms with E-state index in [9.17, 15) is 10.2 Å². The van der Waals surface area contributed by atoms with Crippen molar-refractivity contribution in [3.8, 4) is 0 Å². The summed E-state index contributed by atoms with van der Waals surface area (Å²) in [5.74, 6) is 0.289. The summed E-state index contributed by atoms with van der Waals surface area (Å²) < 4.78 is 0. The van der Waals surface area contributed by atoms with Crippen molar-refractivity contribution in [2.24, 2.45) is 0 Å². The van der Waals surface area contributed by atoms with Crippen LogP contribution in [0.2, 0.25) is 5.15 Å². The molecule has 2 aromatic rings. The first-order chi connectivity index (χ1) is 8.65. The van der Waals surface area contributed by atoms with Gasteiger partial charge >= 0.3 is 0 Å². The van der Waals surface area contributed by atoms with Crippen molar-refractivity contribution in [3.63, 3.8) is 0 Å². The lowest BCUT2D eigenvalue weighted by Gasteiger charge is -2.18. The van der Waals surface area contributed by atoms with Crippen molar-refractivity contribution >= 4 is 34.0 Å². The molecule has 2 atom stereocenters. The molecule has 3 nitrogen and oxygen atoms in total. The lowest BCUT2D eigenvalue weighted by Crippen LogP contribution is -2.19. The van der Waals surface area contributed by atoms with Gasteiger partial charge in [-0.15, -0.1) is 11.6 Å². The number of pyridine rings is 1. The molecular weight excluding hydrogens is 273 g/mol. The third kappa shape index (κ3) is 2.59. The van der Waals surface area contributed by atoms with Crippen LogP contribution in [0.4, 0.5) is 0 Å². The first kappa shape index (κ1) is 13.6. The fourth-order valence-electron chi connectivity index (χ4n) is 1.89. The standard InChI is InChI=1S/C13H13Cl2NO2/c14-6-5-11(17)12(18)10-7-16-13(15)9-4-2-1-3-8(9)10/h1-4,7,11-12,17-18H,5-6H2. The summed E-state index contributed by atoms with van der Waals surface area (Å²) in [7, 11) is 0. The van der Waals surface area contributed by atoms with Crippen LogP contribution in [-0.2, 0) is 0 Å². The van der Waals surface area contributed by atoms with Gasteiger partial charge in [-0.3, -0.25) is 0 Å². The molecule has 0 aliphatic heterocycles. The largest absolute Gasteiger partial charge is 0.390 e. The van der Waals surface area contributed by atoms with Gasteiger partial charge in [0.2, 0.25) is 0 Å². The molecule has 5 heteroatoms. The highest BCUT2D eigenvalue weighted by Crippen LogP contribution is 2.30. The lowest BCUT2D eigenvalue weighted by molar-refractivity contribution is 0.0177. The number of benzene rings is 1. The number of nitrogens with zero attached hydrogens (tertiary/aromatic N) is 1. The zero-order valence-corrected chi connectivity index (χ0v) is 11.1. The van der Waals surface area contributed by atoms with E-state index in [-0.39, 0.29) is 5.88 Å². The quantitative estimate of drug-likeness (QED) is 0.671. The van der Waals surface area contributed by atoms with E-state index >= 15 is 0 Å². The minimum Gasteiger partial charge on any atom is -0.390 e. The number of aromatic nitrogens is 1. The molecule has 0 aliphatic carbocycles. The van der Waals surface area contributed by atoms with Gasteiger partial charge in [-0.2, -0.15) is 0 Å². The maximum Gasteiger partial charge on any atom is 0.136 e. The van der Waals surface area contributed by atoms with Crippen LogP contribution in [0, 0.1) is 0 Å². The Labute approximate surface area is 115 Å². The SMILES string of the molecule is OC(CCCl)C(O)c1cnc(Cl)c2ccccc12. The second-order valence-electron chi connectivity index (χ2n) is 4.04. The van der Waals surface area contributed by atoms with Gasteiger partial charge in [0.05, 0.1) is 6.10 Å². The highest BCUT2D eigenvalue weighted by atomic mass is 35.5. The molecule has 0 saturated carbocycles. The van der Waals surface area contributed by atoms with E-state index in [4.69, 9.17) is 23.2 Å². The number of aliphatic hydroxyl groups is 2. The number of hydrogen-bond acceptors (Lipinski definition) is 3. The van der Waals surface area contributed by atoms with Crippen LogP contribution in [0.25, 0.3) is 10.8 Å². The Morgan fingerprint density at radius 3 is 2.50 bits per heavy atom. The third-order valence-corrected chi connectivity index (χ3v) is 3.38. The number of fused-ring (bicyclic) bond motifs is 1. The minimum atomic E-state index is -1.02. The van der Waals surface area contributed by atoms with Crippen LogP contribution >= 0.6 is 23.2 Å². The Kier molecular flexibility index (Phi) is 4.40. The fraction of sp³-hybridized carbons (Fsp3) is 0.308. The molecule has 2 rings (SSSR count). The maximum atomic E-state index is 10.1. The van der Waals surface area contributed by atoms with Crippen LogP contribution in [-0.4, -0.2) is 27.2 Å². The Morgan fingerprint density at radius 1 is 1.17 bits per heavy atom. The predicted molar refractivity (Wildman–Crippen MR) is 73.1 cm³/mol. The molecule has 0 bridgehead atoms. The molecule has 1 heterocycles. The Bertz CT molecular complexity index is 548. The van der Waals surface area contributed by atoms with Gasteiger partial charge in [0.25, 0.3) is 0 Å². The van der Waals surface area contributed by atoms with E-state index < -0.39 is 12.2 Å². The molecule has 2 unspecified atom stereocenters. The first-order valence-corrected chi connectivity index (χ1v) is 6.51. The van der Waals surface area contributed by atoms with Gasteiger partial charge in [-0.05, 0) is 11.8 Å². The molecular formula is C13H13Cl2NO2. The van der Waals surface area contributed by atoms with E-state index in [0.29, 0.717) is 17.1 Å². The fourth-order valence-corrected chi connectivity index (χ4v) is 2.33. The Hall–Kier alpha value is -0.870. The van der Waals surface area contributed by atoms with Crippen LogP contribution in [0.1, 0.15) is 18.1 Å². The van der Waals surface area contributed by atoms with Gasteiger partial charge in [-0.25, -0.2) is 4.98 Å². The summed E-state index contributed by atoms with van der Waals surface area (Å²) in [5, 5.41) is 21.9. The average molecular weight is 286 g/mol. The predicted octanol–water partition coefficient (Wildman–Crippen LogP) is 2.91. The maximum absolute atomic E-state index is 10.1. The number of rotatable bonds is 4. The van der Waals surface area contributed by atoms with Crippen molar-refractivity contribution in [1.82, 2.24) is 4.98 Å². The molecule has 1 aromatic carbocycles. The normalized spacial score (nSPS) is 14.7. The first-order valence-electron chi connectivity index (χ1n) is 5.60. The average Bonchev–Trinajstić information content (AvgIpc) is 2.39. The van der Waals surface area contributed by atoms with E-state index in [1.54, 1.807) is 0 Å². The molecule has 0 aliphatic rings. The second-order valence-corrected chi connectivity index (χ2v) is 4.78. The van der Waals surface area contributed by atoms with Gasteiger partial charge in [-0.1, -0.05) is 35.9 Å². The van der Waals surface area contributed by atoms with E-state index in [0.717, 1.165) is 10.8 Å². The van der Waals surface area contributed by atoms with Gasteiger partial charge < -0.3 is 10.2 Å². The van der Waals surface area contributed by atoms with Crippen LogP contribution in [0.3, 0.4) is 0 Å². The van der Waals surface area contributed by atoms with Crippen molar-refractivity contribution in [2.75, 3.05) is 5.88 Å². The monoisotopic (exact) mass is 285 g/mol. The molecule has 18 heavy (non-hydrogen) atoms. The second kappa shape index (κ2) is 5.85. The molecule has 1 aromatic heterocycles. The minimum absolute atomic E-state index is 0.289. The molecule has 0 spiro atoms. The summed E-state index contributed by atoms with van der Waals surface area (Å²) in [4.78, 5) is 4.03. The van der Waals surface area contributed by atoms with E-state index in [2.05, 4.69) is 4.98 Å². The van der Waals surface area contributed by atoms with Crippen molar-refractivity contribution in [2.45, 2.75) is 18.6 Å². The van der Waals surface area contributed by atoms with Crippen LogP contribution in [0.5, 0.6) is 0 Å². The van der Waals surface area contributed by atoms with Gasteiger partial charge in [0.15, 0.2) is 0 Å². The molecule has 0 fully saturated rings. The molecule has 0 saturated heterocycles. The lowest BCUT2D eigenvalue weighted by atomic mass is 9.99.